The Morgan fingerprint density at radius 1 is 1.27 bits per heavy atom. The zero-order valence-electron chi connectivity index (χ0n) is 8.77. The summed E-state index contributed by atoms with van der Waals surface area (Å²) in [5.74, 6) is 0.477. The van der Waals surface area contributed by atoms with Crippen molar-refractivity contribution in [3.63, 3.8) is 0 Å². The molecule has 0 spiro atoms. The second-order valence-corrected chi connectivity index (χ2v) is 3.70. The van der Waals surface area contributed by atoms with Crippen LogP contribution in [0.3, 0.4) is 0 Å². The minimum atomic E-state index is -0.465. The summed E-state index contributed by atoms with van der Waals surface area (Å²) in [6.45, 7) is 4.23. The van der Waals surface area contributed by atoms with Crippen molar-refractivity contribution in [2.75, 3.05) is 11.9 Å². The fraction of sp³-hybridized carbons (Fsp3) is 0.364. The first-order chi connectivity index (χ1) is 7.18. The zero-order chi connectivity index (χ0) is 10.8. The molecule has 15 heavy (non-hydrogen) atoms. The summed E-state index contributed by atoms with van der Waals surface area (Å²) in [4.78, 5) is 16.2. The maximum absolute atomic E-state index is 11.2. The summed E-state index contributed by atoms with van der Waals surface area (Å²) in [6.07, 6.45) is -0.465. The van der Waals surface area contributed by atoms with Gasteiger partial charge < -0.3 is 4.74 Å². The van der Waals surface area contributed by atoms with Crippen molar-refractivity contribution < 1.29 is 14.4 Å². The van der Waals surface area contributed by atoms with E-state index in [2.05, 4.69) is 18.6 Å². The Balaban J connectivity index is 2.19. The molecule has 1 aliphatic heterocycles. The third kappa shape index (κ3) is 1.94. The number of nitrogens with zero attached hydrogens (tertiary/aromatic N) is 1. The zero-order valence-corrected chi connectivity index (χ0v) is 8.77. The molecule has 80 valence electrons. The van der Waals surface area contributed by atoms with Gasteiger partial charge in [0.2, 0.25) is 6.79 Å². The highest BCUT2D eigenvalue weighted by Gasteiger charge is 2.24. The summed E-state index contributed by atoms with van der Waals surface area (Å²) in [6, 6.07) is 7.66. The standard InChI is InChI=1S/C11H13NO3/c1-8(2)9-3-5-10(6-4-9)12-11(13)14-7-15-12/h3-6,8H,7H2,1-2H3. The van der Waals surface area contributed by atoms with Crippen LogP contribution in [0.25, 0.3) is 0 Å². The number of hydrogen-bond acceptors (Lipinski definition) is 3. The lowest BCUT2D eigenvalue weighted by molar-refractivity contribution is 0.0704. The molecular formula is C11H13NO3. The molecule has 0 unspecified atom stereocenters. The third-order valence-electron chi connectivity index (χ3n) is 2.32. The highest BCUT2D eigenvalue weighted by Crippen LogP contribution is 2.22. The molecule has 0 atom stereocenters. The molecule has 1 aromatic carbocycles. The van der Waals surface area contributed by atoms with Crippen LogP contribution in [-0.2, 0) is 9.57 Å². The number of hydrogen-bond donors (Lipinski definition) is 0. The molecule has 1 saturated heterocycles. The van der Waals surface area contributed by atoms with Crippen molar-refractivity contribution in [2.24, 2.45) is 0 Å². The molecule has 1 aromatic rings. The minimum Gasteiger partial charge on any atom is -0.418 e. The molecule has 0 aromatic heterocycles. The van der Waals surface area contributed by atoms with Crippen LogP contribution in [0.4, 0.5) is 10.5 Å². The van der Waals surface area contributed by atoms with Gasteiger partial charge in [0.25, 0.3) is 0 Å². The Hall–Kier alpha value is -1.55. The molecule has 0 radical (unpaired) electrons. The molecule has 0 bridgehead atoms. The minimum absolute atomic E-state index is 0.00916. The van der Waals surface area contributed by atoms with E-state index in [1.807, 2.05) is 24.3 Å². The van der Waals surface area contributed by atoms with Crippen LogP contribution in [0.2, 0.25) is 0 Å². The van der Waals surface area contributed by atoms with Crippen molar-refractivity contribution in [1.82, 2.24) is 0 Å². The normalized spacial score (nSPS) is 15.9. The Labute approximate surface area is 88.4 Å². The number of anilines is 1. The van der Waals surface area contributed by atoms with Crippen LogP contribution in [0.5, 0.6) is 0 Å². The first kappa shape index (κ1) is 9.98. The van der Waals surface area contributed by atoms with Gasteiger partial charge >= 0.3 is 6.09 Å². The molecule has 1 aliphatic rings. The van der Waals surface area contributed by atoms with Crippen molar-refractivity contribution in [3.8, 4) is 0 Å². The third-order valence-corrected chi connectivity index (χ3v) is 2.32. The van der Waals surface area contributed by atoms with Gasteiger partial charge in [0.05, 0.1) is 5.69 Å². The van der Waals surface area contributed by atoms with E-state index in [4.69, 9.17) is 4.84 Å². The molecule has 0 N–H and O–H groups in total. The topological polar surface area (TPSA) is 38.8 Å². The summed E-state index contributed by atoms with van der Waals surface area (Å²) in [5.41, 5.74) is 1.92. The molecular weight excluding hydrogens is 194 g/mol. The lowest BCUT2D eigenvalue weighted by Gasteiger charge is -2.12. The summed E-state index contributed by atoms with van der Waals surface area (Å²) >= 11 is 0. The number of ether oxygens (including phenoxy) is 1. The number of amides is 1. The molecule has 1 heterocycles. The highest BCUT2D eigenvalue weighted by molar-refractivity contribution is 5.86. The predicted molar refractivity (Wildman–Crippen MR) is 55.4 cm³/mol. The summed E-state index contributed by atoms with van der Waals surface area (Å²) in [7, 11) is 0. The Morgan fingerprint density at radius 2 is 1.93 bits per heavy atom. The lowest BCUT2D eigenvalue weighted by Crippen LogP contribution is -2.21. The number of benzene rings is 1. The van der Waals surface area contributed by atoms with Crippen LogP contribution >= 0.6 is 0 Å². The van der Waals surface area contributed by atoms with Crippen molar-refractivity contribution in [3.05, 3.63) is 29.8 Å². The van der Waals surface area contributed by atoms with E-state index in [1.54, 1.807) is 0 Å². The Morgan fingerprint density at radius 3 is 2.40 bits per heavy atom. The average Bonchev–Trinajstić information content (AvgIpc) is 2.65. The Bertz CT molecular complexity index is 359. The van der Waals surface area contributed by atoms with Gasteiger partial charge in [-0.15, -0.1) is 5.06 Å². The van der Waals surface area contributed by atoms with E-state index in [0.717, 1.165) is 5.06 Å². The Kier molecular flexibility index (Phi) is 2.60. The fourth-order valence-corrected chi connectivity index (χ4v) is 1.42. The number of rotatable bonds is 2. The quantitative estimate of drug-likeness (QED) is 0.748. The highest BCUT2D eigenvalue weighted by atomic mass is 16.9. The van der Waals surface area contributed by atoms with E-state index in [0.29, 0.717) is 11.6 Å². The van der Waals surface area contributed by atoms with Crippen molar-refractivity contribution in [1.29, 1.82) is 0 Å². The maximum atomic E-state index is 11.2. The molecule has 1 amide bonds. The second kappa shape index (κ2) is 3.90. The predicted octanol–water partition coefficient (Wildman–Crippen LogP) is 2.66. The van der Waals surface area contributed by atoms with Crippen LogP contribution in [-0.4, -0.2) is 12.9 Å². The number of hydroxylamine groups is 1. The monoisotopic (exact) mass is 207 g/mol. The SMILES string of the molecule is CC(C)c1ccc(N2OCOC2=O)cc1. The average molecular weight is 207 g/mol. The van der Waals surface area contributed by atoms with E-state index < -0.39 is 6.09 Å². The van der Waals surface area contributed by atoms with Crippen LogP contribution in [0, 0.1) is 0 Å². The molecule has 0 saturated carbocycles. The van der Waals surface area contributed by atoms with E-state index in [-0.39, 0.29) is 6.79 Å². The van der Waals surface area contributed by atoms with E-state index in [9.17, 15) is 4.79 Å². The summed E-state index contributed by atoms with van der Waals surface area (Å²) < 4.78 is 4.66. The van der Waals surface area contributed by atoms with E-state index in [1.165, 1.54) is 5.56 Å². The largest absolute Gasteiger partial charge is 0.441 e. The van der Waals surface area contributed by atoms with Gasteiger partial charge in [0, 0.05) is 0 Å². The molecule has 4 heteroatoms. The molecule has 1 fully saturated rings. The van der Waals surface area contributed by atoms with Gasteiger partial charge in [-0.3, -0.25) is 0 Å². The molecule has 0 aliphatic carbocycles. The van der Waals surface area contributed by atoms with Gasteiger partial charge in [-0.2, -0.15) is 0 Å². The van der Waals surface area contributed by atoms with Crippen LogP contribution < -0.4 is 5.06 Å². The summed E-state index contributed by atoms with van der Waals surface area (Å²) in [5, 5.41) is 1.16. The van der Waals surface area contributed by atoms with Crippen molar-refractivity contribution in [2.45, 2.75) is 19.8 Å². The van der Waals surface area contributed by atoms with Crippen molar-refractivity contribution >= 4 is 11.8 Å². The lowest BCUT2D eigenvalue weighted by atomic mass is 10.0. The molecule has 4 nitrogen and oxygen atoms in total. The van der Waals surface area contributed by atoms with Gasteiger partial charge in [-0.25, -0.2) is 9.63 Å². The van der Waals surface area contributed by atoms with Gasteiger partial charge in [0.15, 0.2) is 0 Å². The number of carbonyl (C=O) groups excluding carboxylic acids is 1. The smallest absolute Gasteiger partial charge is 0.418 e. The maximum Gasteiger partial charge on any atom is 0.441 e. The molecule has 2 rings (SSSR count). The fourth-order valence-electron chi connectivity index (χ4n) is 1.42. The van der Waals surface area contributed by atoms with Crippen LogP contribution in [0.1, 0.15) is 25.3 Å². The van der Waals surface area contributed by atoms with Gasteiger partial charge in [-0.1, -0.05) is 26.0 Å². The first-order valence-corrected chi connectivity index (χ1v) is 4.88. The first-order valence-electron chi connectivity index (χ1n) is 4.88. The van der Waals surface area contributed by atoms with Gasteiger partial charge in [-0.05, 0) is 23.6 Å². The number of carbonyl (C=O) groups is 1. The number of cyclic esters (lactones) is 1. The second-order valence-electron chi connectivity index (χ2n) is 3.70. The van der Waals surface area contributed by atoms with Crippen LogP contribution in [0.15, 0.2) is 24.3 Å². The van der Waals surface area contributed by atoms with Gasteiger partial charge in [0.1, 0.15) is 0 Å². The van der Waals surface area contributed by atoms with E-state index >= 15 is 0 Å².